The average molecular weight is 389 g/mol. The Morgan fingerprint density at radius 1 is 1.14 bits per heavy atom. The first-order valence-corrected chi connectivity index (χ1v) is 7.43. The van der Waals surface area contributed by atoms with Crippen LogP contribution in [0.2, 0.25) is 0 Å². The van der Waals surface area contributed by atoms with E-state index < -0.39 is 0 Å². The van der Waals surface area contributed by atoms with Gasteiger partial charge in [-0.15, -0.1) is 0 Å². The van der Waals surface area contributed by atoms with Gasteiger partial charge in [0, 0.05) is 23.8 Å². The largest absolute Gasteiger partial charge is 0.497 e. The third kappa shape index (κ3) is 3.18. The van der Waals surface area contributed by atoms with Crippen molar-refractivity contribution in [1.29, 1.82) is 0 Å². The van der Waals surface area contributed by atoms with Gasteiger partial charge in [0.2, 0.25) is 0 Å². The van der Waals surface area contributed by atoms with Crippen LogP contribution in [0.3, 0.4) is 0 Å². The highest BCUT2D eigenvalue weighted by Gasteiger charge is 2.05. The van der Waals surface area contributed by atoms with Gasteiger partial charge in [0.15, 0.2) is 5.82 Å². The molecule has 0 bridgehead atoms. The zero-order valence-electron chi connectivity index (χ0n) is 11.3. The van der Waals surface area contributed by atoms with Crippen molar-refractivity contribution in [2.24, 2.45) is 0 Å². The van der Waals surface area contributed by atoms with E-state index in [1.165, 1.54) is 0 Å². The second kappa shape index (κ2) is 6.17. The molecule has 104 valence electrons. The van der Waals surface area contributed by atoms with Crippen LogP contribution < -0.4 is 4.74 Å². The molecule has 0 spiro atoms. The van der Waals surface area contributed by atoms with Crippen LogP contribution in [-0.2, 0) is 0 Å². The van der Waals surface area contributed by atoms with E-state index in [2.05, 4.69) is 37.5 Å². The number of pyridine rings is 1. The number of hydrogen-bond donors (Lipinski definition) is 0. The smallest absolute Gasteiger partial charge is 0.153 e. The van der Waals surface area contributed by atoms with Crippen molar-refractivity contribution in [1.82, 2.24) is 15.0 Å². The van der Waals surface area contributed by atoms with Gasteiger partial charge in [-0.25, -0.2) is 9.97 Å². The van der Waals surface area contributed by atoms with Crippen LogP contribution >= 0.6 is 22.6 Å². The number of ether oxygens (including phenoxy) is 1. The summed E-state index contributed by atoms with van der Waals surface area (Å²) in [6.07, 6.45) is 7.38. The van der Waals surface area contributed by atoms with Crippen molar-refractivity contribution in [3.8, 4) is 5.75 Å². The minimum absolute atomic E-state index is 0.670. The summed E-state index contributed by atoms with van der Waals surface area (Å²) in [5.41, 5.74) is 1.89. The fourth-order valence-electron chi connectivity index (χ4n) is 1.93. The second-order valence-electron chi connectivity index (χ2n) is 4.38. The molecular formula is C16H12IN3O. The number of methoxy groups -OCH3 is 1. The first-order valence-electron chi connectivity index (χ1n) is 6.35. The number of fused-ring (bicyclic) bond motifs is 1. The Kier molecular flexibility index (Phi) is 4.10. The normalized spacial score (nSPS) is 11.1. The van der Waals surface area contributed by atoms with Crippen LogP contribution in [0.4, 0.5) is 0 Å². The van der Waals surface area contributed by atoms with E-state index in [0.717, 1.165) is 25.9 Å². The molecule has 3 rings (SSSR count). The lowest BCUT2D eigenvalue weighted by Gasteiger charge is -2.04. The van der Waals surface area contributed by atoms with Gasteiger partial charge in [0.1, 0.15) is 9.45 Å². The molecule has 0 saturated heterocycles. The lowest BCUT2D eigenvalue weighted by atomic mass is 10.2. The minimum Gasteiger partial charge on any atom is -0.497 e. The number of hydrogen-bond acceptors (Lipinski definition) is 4. The van der Waals surface area contributed by atoms with E-state index in [1.807, 2.05) is 42.5 Å². The van der Waals surface area contributed by atoms with E-state index >= 15 is 0 Å². The Morgan fingerprint density at radius 3 is 2.81 bits per heavy atom. The molecule has 0 fully saturated rings. The second-order valence-corrected chi connectivity index (χ2v) is 5.40. The highest BCUT2D eigenvalue weighted by atomic mass is 127. The molecular weight excluding hydrogens is 377 g/mol. The fraction of sp³-hybridized carbons (Fsp3) is 0.0625. The highest BCUT2D eigenvalue weighted by molar-refractivity contribution is 14.1. The van der Waals surface area contributed by atoms with Crippen molar-refractivity contribution < 1.29 is 4.74 Å². The molecule has 0 N–H and O–H groups in total. The summed E-state index contributed by atoms with van der Waals surface area (Å²) in [5, 5.41) is 1.02. The van der Waals surface area contributed by atoms with E-state index in [-0.39, 0.29) is 0 Å². The lowest BCUT2D eigenvalue weighted by Crippen LogP contribution is -1.94. The van der Waals surface area contributed by atoms with Crippen LogP contribution in [0, 0.1) is 3.70 Å². The van der Waals surface area contributed by atoms with Gasteiger partial charge in [-0.3, -0.25) is 4.98 Å². The molecule has 0 amide bonds. The first kappa shape index (κ1) is 13.9. The number of rotatable bonds is 3. The van der Waals surface area contributed by atoms with Crippen molar-refractivity contribution in [2.45, 2.75) is 0 Å². The average Bonchev–Trinajstić information content (AvgIpc) is 2.53. The molecule has 2 aromatic heterocycles. The van der Waals surface area contributed by atoms with Gasteiger partial charge in [-0.2, -0.15) is 0 Å². The Morgan fingerprint density at radius 2 is 2.05 bits per heavy atom. The molecule has 0 aliphatic carbocycles. The summed E-state index contributed by atoms with van der Waals surface area (Å²) < 4.78 is 6.16. The van der Waals surface area contributed by atoms with Crippen LogP contribution in [0.1, 0.15) is 11.4 Å². The Labute approximate surface area is 136 Å². The maximum absolute atomic E-state index is 5.24. The third-order valence-corrected chi connectivity index (χ3v) is 3.81. The molecule has 4 nitrogen and oxygen atoms in total. The van der Waals surface area contributed by atoms with Crippen LogP contribution in [0.5, 0.6) is 5.75 Å². The number of benzene rings is 1. The lowest BCUT2D eigenvalue weighted by molar-refractivity contribution is 0.415. The Balaban J connectivity index is 2.01. The summed E-state index contributed by atoms with van der Waals surface area (Å²) in [6.45, 7) is 0. The molecule has 0 unspecified atom stereocenters. The van der Waals surface area contributed by atoms with Gasteiger partial charge in [0.25, 0.3) is 0 Å². The molecule has 1 aromatic carbocycles. The van der Waals surface area contributed by atoms with Crippen molar-refractivity contribution in [3.63, 3.8) is 0 Å². The zero-order chi connectivity index (χ0) is 14.7. The maximum Gasteiger partial charge on any atom is 0.153 e. The van der Waals surface area contributed by atoms with Crippen molar-refractivity contribution in [3.05, 3.63) is 57.8 Å². The van der Waals surface area contributed by atoms with Crippen LogP contribution in [0.25, 0.3) is 23.1 Å². The number of aromatic nitrogens is 3. The molecule has 3 aromatic rings. The van der Waals surface area contributed by atoms with Gasteiger partial charge in [-0.05, 0) is 58.5 Å². The van der Waals surface area contributed by atoms with Gasteiger partial charge < -0.3 is 4.74 Å². The zero-order valence-corrected chi connectivity index (χ0v) is 13.5. The first-order chi connectivity index (χ1) is 10.3. The number of nitrogens with zero attached hydrogens (tertiary/aromatic N) is 3. The molecule has 0 radical (unpaired) electrons. The highest BCUT2D eigenvalue weighted by Crippen LogP contribution is 2.23. The van der Waals surface area contributed by atoms with Gasteiger partial charge in [0.05, 0.1) is 12.6 Å². The molecule has 21 heavy (non-hydrogen) atoms. The summed E-state index contributed by atoms with van der Waals surface area (Å²) in [4.78, 5) is 13.1. The van der Waals surface area contributed by atoms with Crippen molar-refractivity contribution in [2.75, 3.05) is 7.11 Å². The molecule has 5 heteroatoms. The molecule has 0 saturated carbocycles. The fourth-order valence-corrected chi connectivity index (χ4v) is 2.64. The Hall–Kier alpha value is -2.02. The van der Waals surface area contributed by atoms with E-state index in [1.54, 1.807) is 19.5 Å². The predicted molar refractivity (Wildman–Crippen MR) is 92.0 cm³/mol. The maximum atomic E-state index is 5.24. The summed E-state index contributed by atoms with van der Waals surface area (Å²) in [5.74, 6) is 1.46. The molecule has 0 aliphatic rings. The topological polar surface area (TPSA) is 47.9 Å². The molecule has 2 heterocycles. The van der Waals surface area contributed by atoms with Gasteiger partial charge in [-0.1, -0.05) is 6.07 Å². The summed E-state index contributed by atoms with van der Waals surface area (Å²) in [6, 6.07) is 9.69. The van der Waals surface area contributed by atoms with Gasteiger partial charge >= 0.3 is 0 Å². The van der Waals surface area contributed by atoms with Crippen LogP contribution in [-0.4, -0.2) is 22.1 Å². The summed E-state index contributed by atoms with van der Waals surface area (Å²) >= 11 is 2.22. The van der Waals surface area contributed by atoms with E-state index in [0.29, 0.717) is 5.82 Å². The SMILES string of the molecule is COc1ccc2c(I)nc(/C=C/c3cccnc3)nc2c1. The minimum atomic E-state index is 0.670. The van der Waals surface area contributed by atoms with E-state index in [9.17, 15) is 0 Å². The standard InChI is InChI=1S/C16H12IN3O/c1-21-12-5-6-13-14(9-12)19-15(20-16(13)17)7-4-11-3-2-8-18-10-11/h2-10H,1H3/b7-4+. The monoisotopic (exact) mass is 389 g/mol. The number of halogens is 1. The third-order valence-electron chi connectivity index (χ3n) is 2.98. The van der Waals surface area contributed by atoms with Crippen LogP contribution in [0.15, 0.2) is 42.7 Å². The Bertz CT molecular complexity index is 803. The molecule has 0 aliphatic heterocycles. The quantitative estimate of drug-likeness (QED) is 0.505. The summed E-state index contributed by atoms with van der Waals surface area (Å²) in [7, 11) is 1.65. The molecule has 0 atom stereocenters. The predicted octanol–water partition coefficient (Wildman–Crippen LogP) is 3.81. The van der Waals surface area contributed by atoms with Crippen molar-refractivity contribution >= 4 is 45.6 Å². The van der Waals surface area contributed by atoms with E-state index in [4.69, 9.17) is 4.74 Å².